The van der Waals surface area contributed by atoms with Crippen LogP contribution in [-0.2, 0) is 6.42 Å². The highest BCUT2D eigenvalue weighted by atomic mass is 16.3. The molecule has 2 unspecified atom stereocenters. The van der Waals surface area contributed by atoms with E-state index in [1.54, 1.807) is 0 Å². The molecule has 0 amide bonds. The zero-order valence-electron chi connectivity index (χ0n) is 12.1. The Hall–Kier alpha value is -1.35. The highest BCUT2D eigenvalue weighted by Crippen LogP contribution is 2.18. The number of para-hydroxylation sites is 2. The maximum absolute atomic E-state index is 5.81. The summed E-state index contributed by atoms with van der Waals surface area (Å²) in [5.74, 6) is 1.57. The van der Waals surface area contributed by atoms with Crippen molar-refractivity contribution >= 4 is 11.1 Å². The molecule has 0 saturated heterocycles. The summed E-state index contributed by atoms with van der Waals surface area (Å²) in [6.45, 7) is 7.68. The van der Waals surface area contributed by atoms with Gasteiger partial charge in [0.2, 0.25) is 0 Å². The lowest BCUT2D eigenvalue weighted by atomic mass is 9.97. The highest BCUT2D eigenvalue weighted by Gasteiger charge is 2.15. The molecule has 1 aromatic carbocycles. The Kier molecular flexibility index (Phi) is 4.97. The van der Waals surface area contributed by atoms with Gasteiger partial charge in [-0.25, -0.2) is 4.98 Å². The molecule has 1 N–H and O–H groups in total. The van der Waals surface area contributed by atoms with Crippen molar-refractivity contribution in [2.24, 2.45) is 5.92 Å². The van der Waals surface area contributed by atoms with E-state index in [4.69, 9.17) is 4.42 Å². The first-order valence-electron chi connectivity index (χ1n) is 7.30. The number of hydrogen-bond acceptors (Lipinski definition) is 3. The van der Waals surface area contributed by atoms with E-state index in [-0.39, 0.29) is 0 Å². The Morgan fingerprint density at radius 3 is 2.74 bits per heavy atom. The van der Waals surface area contributed by atoms with Crippen LogP contribution in [0.25, 0.3) is 11.1 Å². The molecule has 0 aliphatic carbocycles. The van der Waals surface area contributed by atoms with Crippen molar-refractivity contribution in [3.63, 3.8) is 0 Å². The third kappa shape index (κ3) is 3.80. The molecule has 1 heterocycles. The van der Waals surface area contributed by atoms with Crippen LogP contribution in [0.5, 0.6) is 0 Å². The van der Waals surface area contributed by atoms with E-state index in [1.807, 2.05) is 24.3 Å². The summed E-state index contributed by atoms with van der Waals surface area (Å²) in [7, 11) is 0. The van der Waals surface area contributed by atoms with Crippen molar-refractivity contribution in [3.05, 3.63) is 30.2 Å². The summed E-state index contributed by atoms with van der Waals surface area (Å²) in [6.07, 6.45) is 3.26. The van der Waals surface area contributed by atoms with E-state index < -0.39 is 0 Å². The first-order chi connectivity index (χ1) is 9.22. The summed E-state index contributed by atoms with van der Waals surface area (Å²) >= 11 is 0. The molecule has 0 fully saturated rings. The van der Waals surface area contributed by atoms with Crippen LogP contribution < -0.4 is 5.32 Å². The minimum Gasteiger partial charge on any atom is -0.441 e. The average molecular weight is 260 g/mol. The maximum Gasteiger partial charge on any atom is 0.197 e. The van der Waals surface area contributed by atoms with Crippen LogP contribution in [0.3, 0.4) is 0 Å². The molecule has 3 heteroatoms. The second kappa shape index (κ2) is 6.71. The third-order valence-electron chi connectivity index (χ3n) is 3.64. The first kappa shape index (κ1) is 14.1. The lowest BCUT2D eigenvalue weighted by molar-refractivity contribution is 0.373. The molecular formula is C16H24N2O. The van der Waals surface area contributed by atoms with Crippen molar-refractivity contribution in [2.45, 2.75) is 46.1 Å². The topological polar surface area (TPSA) is 38.1 Å². The van der Waals surface area contributed by atoms with Gasteiger partial charge in [0.1, 0.15) is 5.52 Å². The van der Waals surface area contributed by atoms with E-state index >= 15 is 0 Å². The van der Waals surface area contributed by atoms with Crippen molar-refractivity contribution in [2.75, 3.05) is 6.54 Å². The van der Waals surface area contributed by atoms with Crippen molar-refractivity contribution in [1.82, 2.24) is 10.3 Å². The van der Waals surface area contributed by atoms with E-state index in [0.717, 1.165) is 35.9 Å². The smallest absolute Gasteiger partial charge is 0.197 e. The fourth-order valence-electron chi connectivity index (χ4n) is 2.40. The van der Waals surface area contributed by atoms with E-state index in [1.165, 1.54) is 12.8 Å². The molecule has 0 bridgehead atoms. The second-order valence-electron chi connectivity index (χ2n) is 5.28. The van der Waals surface area contributed by atoms with Gasteiger partial charge in [0.15, 0.2) is 11.5 Å². The number of oxazole rings is 1. The van der Waals surface area contributed by atoms with Crippen molar-refractivity contribution < 1.29 is 4.42 Å². The van der Waals surface area contributed by atoms with Crippen LogP contribution in [0.1, 0.15) is 39.5 Å². The predicted octanol–water partition coefficient (Wildman–Crippen LogP) is 3.78. The fourth-order valence-corrected chi connectivity index (χ4v) is 2.40. The van der Waals surface area contributed by atoms with Gasteiger partial charge >= 0.3 is 0 Å². The third-order valence-corrected chi connectivity index (χ3v) is 3.64. The predicted molar refractivity (Wildman–Crippen MR) is 79.2 cm³/mol. The average Bonchev–Trinajstić information content (AvgIpc) is 2.80. The number of nitrogens with one attached hydrogen (secondary N) is 1. The summed E-state index contributed by atoms with van der Waals surface area (Å²) < 4.78 is 5.81. The van der Waals surface area contributed by atoms with Gasteiger partial charge in [-0.3, -0.25) is 0 Å². The Bertz CT molecular complexity index is 473. The fraction of sp³-hybridized carbons (Fsp3) is 0.562. The maximum atomic E-state index is 5.81. The summed E-state index contributed by atoms with van der Waals surface area (Å²) in [5, 5.41) is 3.54. The van der Waals surface area contributed by atoms with Gasteiger partial charge in [-0.1, -0.05) is 39.3 Å². The molecule has 19 heavy (non-hydrogen) atoms. The zero-order chi connectivity index (χ0) is 13.7. The normalized spacial score (nSPS) is 14.7. The van der Waals surface area contributed by atoms with Crippen molar-refractivity contribution in [3.8, 4) is 0 Å². The Labute approximate surface area is 115 Å². The van der Waals surface area contributed by atoms with Gasteiger partial charge in [0.25, 0.3) is 0 Å². The number of aromatic nitrogens is 1. The van der Waals surface area contributed by atoms with Gasteiger partial charge < -0.3 is 9.73 Å². The van der Waals surface area contributed by atoms with Gasteiger partial charge in [0.05, 0.1) is 0 Å². The van der Waals surface area contributed by atoms with Gasteiger partial charge in [-0.2, -0.15) is 0 Å². The standard InChI is InChI=1S/C16H24N2O/c1-4-12(3)10-13(17-5-2)11-16-18-14-8-6-7-9-15(14)19-16/h6-9,12-13,17H,4-5,10-11H2,1-3H3. The largest absolute Gasteiger partial charge is 0.441 e. The number of rotatable bonds is 7. The molecule has 0 aliphatic rings. The van der Waals surface area contributed by atoms with E-state index in [2.05, 4.69) is 31.1 Å². The molecule has 2 rings (SSSR count). The summed E-state index contributed by atoms with van der Waals surface area (Å²) in [6, 6.07) is 8.41. The zero-order valence-corrected chi connectivity index (χ0v) is 12.1. The summed E-state index contributed by atoms with van der Waals surface area (Å²) in [4.78, 5) is 4.56. The SMILES string of the molecule is CCNC(Cc1nc2ccccc2o1)CC(C)CC. The van der Waals surface area contributed by atoms with E-state index in [0.29, 0.717) is 6.04 Å². The molecule has 0 aliphatic heterocycles. The van der Waals surface area contributed by atoms with Crippen LogP contribution >= 0.6 is 0 Å². The first-order valence-corrected chi connectivity index (χ1v) is 7.30. The van der Waals surface area contributed by atoms with E-state index in [9.17, 15) is 0 Å². The molecular weight excluding hydrogens is 236 g/mol. The van der Waals surface area contributed by atoms with Gasteiger partial charge in [-0.05, 0) is 31.0 Å². The molecule has 2 aromatic rings. The molecule has 0 radical (unpaired) electrons. The molecule has 1 aromatic heterocycles. The monoisotopic (exact) mass is 260 g/mol. The number of likely N-dealkylation sites (N-methyl/N-ethyl adjacent to an activating group) is 1. The van der Waals surface area contributed by atoms with Gasteiger partial charge in [-0.15, -0.1) is 0 Å². The number of nitrogens with zero attached hydrogens (tertiary/aromatic N) is 1. The molecule has 0 spiro atoms. The highest BCUT2D eigenvalue weighted by molar-refractivity contribution is 5.72. The van der Waals surface area contributed by atoms with Crippen LogP contribution in [-0.4, -0.2) is 17.6 Å². The Morgan fingerprint density at radius 1 is 1.26 bits per heavy atom. The lowest BCUT2D eigenvalue weighted by Crippen LogP contribution is -2.32. The molecule has 2 atom stereocenters. The number of benzene rings is 1. The van der Waals surface area contributed by atoms with Crippen molar-refractivity contribution in [1.29, 1.82) is 0 Å². The van der Waals surface area contributed by atoms with Crippen LogP contribution in [0.4, 0.5) is 0 Å². The van der Waals surface area contributed by atoms with Crippen LogP contribution in [0, 0.1) is 5.92 Å². The Morgan fingerprint density at radius 2 is 2.05 bits per heavy atom. The quantitative estimate of drug-likeness (QED) is 0.823. The lowest BCUT2D eigenvalue weighted by Gasteiger charge is -2.19. The molecule has 3 nitrogen and oxygen atoms in total. The number of hydrogen-bond donors (Lipinski definition) is 1. The molecule has 104 valence electrons. The minimum absolute atomic E-state index is 0.452. The Balaban J connectivity index is 2.07. The summed E-state index contributed by atoms with van der Waals surface area (Å²) in [5.41, 5.74) is 1.84. The van der Waals surface area contributed by atoms with Gasteiger partial charge in [0, 0.05) is 12.5 Å². The molecule has 0 saturated carbocycles. The second-order valence-corrected chi connectivity index (χ2v) is 5.28. The number of fused-ring (bicyclic) bond motifs is 1. The van der Waals surface area contributed by atoms with Crippen LogP contribution in [0.15, 0.2) is 28.7 Å². The van der Waals surface area contributed by atoms with Crippen LogP contribution in [0.2, 0.25) is 0 Å². The minimum atomic E-state index is 0.452.